The summed E-state index contributed by atoms with van der Waals surface area (Å²) >= 11 is 0. The number of carbonyl (C=O) groups excluding carboxylic acids is 1. The van der Waals surface area contributed by atoms with Crippen molar-refractivity contribution in [2.24, 2.45) is 16.8 Å². The fourth-order valence-corrected chi connectivity index (χ4v) is 1.31. The van der Waals surface area contributed by atoms with Crippen LogP contribution in [-0.2, 0) is 0 Å². The lowest BCUT2D eigenvalue weighted by molar-refractivity contribution is 0.249. The number of nitrogens with two attached hydrogens (primary N) is 1. The molecule has 0 unspecified atom stereocenters. The molecule has 0 bridgehead atoms. The summed E-state index contributed by atoms with van der Waals surface area (Å²) in [5, 5.41) is 3.67. The molecule has 0 saturated heterocycles. The highest BCUT2D eigenvalue weighted by molar-refractivity contribution is 5.82. The second kappa shape index (κ2) is 7.25. The largest absolute Gasteiger partial charge is 0.493 e. The van der Waals surface area contributed by atoms with E-state index in [1.54, 1.807) is 19.2 Å². The number of hydrazone groups is 1. The smallest absolute Gasteiger partial charge is 0.332 e. The van der Waals surface area contributed by atoms with Crippen molar-refractivity contribution in [1.82, 2.24) is 5.43 Å². The van der Waals surface area contributed by atoms with Crippen LogP contribution in [-0.4, -0.2) is 26.0 Å². The van der Waals surface area contributed by atoms with Gasteiger partial charge in [0.05, 0.1) is 19.9 Å². The zero-order chi connectivity index (χ0) is 14.3. The highest BCUT2D eigenvalue weighted by Gasteiger charge is 2.06. The number of carbonyl (C=O) groups is 1. The maximum absolute atomic E-state index is 10.5. The van der Waals surface area contributed by atoms with Gasteiger partial charge >= 0.3 is 6.03 Å². The molecule has 1 aromatic carbocycles. The average Bonchev–Trinajstić information content (AvgIpc) is 2.36. The highest BCUT2D eigenvalue weighted by Crippen LogP contribution is 2.27. The van der Waals surface area contributed by atoms with Crippen LogP contribution in [0.4, 0.5) is 4.79 Å². The Morgan fingerprint density at radius 3 is 2.79 bits per heavy atom. The van der Waals surface area contributed by atoms with Gasteiger partial charge in [-0.2, -0.15) is 5.10 Å². The molecule has 19 heavy (non-hydrogen) atoms. The number of rotatable bonds is 6. The van der Waals surface area contributed by atoms with Crippen molar-refractivity contribution in [2.75, 3.05) is 13.7 Å². The van der Waals surface area contributed by atoms with Crippen molar-refractivity contribution in [1.29, 1.82) is 0 Å². The van der Waals surface area contributed by atoms with Crippen LogP contribution in [0.15, 0.2) is 23.3 Å². The van der Waals surface area contributed by atoms with Gasteiger partial charge in [-0.3, -0.25) is 0 Å². The first-order valence-electron chi connectivity index (χ1n) is 5.92. The van der Waals surface area contributed by atoms with Gasteiger partial charge in [-0.25, -0.2) is 10.2 Å². The molecular weight excluding hydrogens is 246 g/mol. The molecule has 0 heterocycles. The topological polar surface area (TPSA) is 85.9 Å². The Hall–Kier alpha value is -2.24. The fourth-order valence-electron chi connectivity index (χ4n) is 1.31. The van der Waals surface area contributed by atoms with Crippen molar-refractivity contribution in [3.05, 3.63) is 23.8 Å². The molecule has 0 spiro atoms. The Labute approximate surface area is 112 Å². The fraction of sp³-hybridized carbons (Fsp3) is 0.385. The van der Waals surface area contributed by atoms with E-state index >= 15 is 0 Å². The first kappa shape index (κ1) is 14.8. The van der Waals surface area contributed by atoms with Gasteiger partial charge in [-0.05, 0) is 29.7 Å². The third-order valence-electron chi connectivity index (χ3n) is 2.15. The van der Waals surface area contributed by atoms with Crippen LogP contribution in [0.5, 0.6) is 11.5 Å². The summed E-state index contributed by atoms with van der Waals surface area (Å²) in [5.74, 6) is 1.73. The molecule has 0 radical (unpaired) electrons. The van der Waals surface area contributed by atoms with Gasteiger partial charge < -0.3 is 15.2 Å². The number of ether oxygens (including phenoxy) is 2. The van der Waals surface area contributed by atoms with Gasteiger partial charge in [-0.15, -0.1) is 0 Å². The van der Waals surface area contributed by atoms with E-state index < -0.39 is 6.03 Å². The molecule has 0 aliphatic rings. The normalized spacial score (nSPS) is 10.7. The Morgan fingerprint density at radius 1 is 1.47 bits per heavy atom. The van der Waals surface area contributed by atoms with Gasteiger partial charge in [0.15, 0.2) is 11.5 Å². The van der Waals surface area contributed by atoms with Gasteiger partial charge in [-0.1, -0.05) is 13.8 Å². The molecule has 104 valence electrons. The summed E-state index contributed by atoms with van der Waals surface area (Å²) in [5.41, 5.74) is 7.78. The van der Waals surface area contributed by atoms with Crippen LogP contribution < -0.4 is 20.6 Å². The molecule has 0 aliphatic heterocycles. The SMILES string of the molecule is COc1cc(C=NNC(N)=O)ccc1OCC(C)C. The molecule has 1 aromatic rings. The lowest BCUT2D eigenvalue weighted by Gasteiger charge is -2.12. The predicted octanol–water partition coefficient (Wildman–Crippen LogP) is 1.73. The zero-order valence-electron chi connectivity index (χ0n) is 11.3. The quantitative estimate of drug-likeness (QED) is 0.606. The van der Waals surface area contributed by atoms with Gasteiger partial charge in [0.1, 0.15) is 0 Å². The van der Waals surface area contributed by atoms with Gasteiger partial charge in [0.2, 0.25) is 0 Å². The third kappa shape index (κ3) is 5.29. The number of benzene rings is 1. The number of urea groups is 1. The molecule has 0 aromatic heterocycles. The number of hydrogen-bond donors (Lipinski definition) is 2. The van der Waals surface area contributed by atoms with Crippen LogP contribution in [0.3, 0.4) is 0 Å². The van der Waals surface area contributed by atoms with Gasteiger partial charge in [0.25, 0.3) is 0 Å². The van der Waals surface area contributed by atoms with E-state index in [-0.39, 0.29) is 0 Å². The number of amides is 2. The summed E-state index contributed by atoms with van der Waals surface area (Å²) in [6.07, 6.45) is 1.47. The second-order valence-electron chi connectivity index (χ2n) is 4.35. The van der Waals surface area contributed by atoms with E-state index in [0.29, 0.717) is 24.0 Å². The van der Waals surface area contributed by atoms with E-state index in [0.717, 1.165) is 5.56 Å². The monoisotopic (exact) mass is 265 g/mol. The number of primary amides is 1. The average molecular weight is 265 g/mol. The summed E-state index contributed by atoms with van der Waals surface area (Å²) in [4.78, 5) is 10.5. The molecule has 0 atom stereocenters. The molecule has 2 amide bonds. The van der Waals surface area contributed by atoms with Crippen molar-refractivity contribution in [2.45, 2.75) is 13.8 Å². The molecule has 0 aliphatic carbocycles. The lowest BCUT2D eigenvalue weighted by Crippen LogP contribution is -2.24. The minimum atomic E-state index is -0.708. The van der Waals surface area contributed by atoms with E-state index in [1.807, 2.05) is 6.07 Å². The van der Waals surface area contributed by atoms with Crippen LogP contribution in [0, 0.1) is 5.92 Å². The van der Waals surface area contributed by atoms with Crippen LogP contribution >= 0.6 is 0 Å². The first-order valence-corrected chi connectivity index (χ1v) is 5.92. The number of nitrogens with zero attached hydrogens (tertiary/aromatic N) is 1. The van der Waals surface area contributed by atoms with E-state index in [9.17, 15) is 4.79 Å². The van der Waals surface area contributed by atoms with Crippen molar-refractivity contribution < 1.29 is 14.3 Å². The van der Waals surface area contributed by atoms with Crippen molar-refractivity contribution in [3.8, 4) is 11.5 Å². The molecule has 3 N–H and O–H groups in total. The van der Waals surface area contributed by atoms with Crippen LogP contribution in [0.2, 0.25) is 0 Å². The summed E-state index contributed by atoms with van der Waals surface area (Å²) < 4.78 is 10.9. The highest BCUT2D eigenvalue weighted by atomic mass is 16.5. The molecule has 0 saturated carbocycles. The van der Waals surface area contributed by atoms with Crippen molar-refractivity contribution in [3.63, 3.8) is 0 Å². The van der Waals surface area contributed by atoms with E-state index in [2.05, 4.69) is 24.4 Å². The Bertz CT molecular complexity index is 458. The van der Waals surface area contributed by atoms with Crippen LogP contribution in [0.1, 0.15) is 19.4 Å². The Balaban J connectivity index is 2.77. The number of hydrogen-bond acceptors (Lipinski definition) is 4. The maximum Gasteiger partial charge on any atom is 0.332 e. The standard InChI is InChI=1S/C13H19N3O3/c1-9(2)8-19-11-5-4-10(6-12(11)18-3)7-15-16-13(14)17/h4-7,9H,8H2,1-3H3,(H3,14,16,17). The molecule has 1 rings (SSSR count). The van der Waals surface area contributed by atoms with E-state index in [4.69, 9.17) is 15.2 Å². The number of methoxy groups -OCH3 is 1. The zero-order valence-corrected chi connectivity index (χ0v) is 11.3. The molecule has 0 fully saturated rings. The summed E-state index contributed by atoms with van der Waals surface area (Å²) in [7, 11) is 1.57. The molecular formula is C13H19N3O3. The lowest BCUT2D eigenvalue weighted by atomic mass is 10.2. The Kier molecular flexibility index (Phi) is 5.66. The third-order valence-corrected chi connectivity index (χ3v) is 2.15. The maximum atomic E-state index is 10.5. The van der Waals surface area contributed by atoms with E-state index in [1.165, 1.54) is 6.21 Å². The first-order chi connectivity index (χ1) is 9.02. The second-order valence-corrected chi connectivity index (χ2v) is 4.35. The summed E-state index contributed by atoms with van der Waals surface area (Å²) in [6, 6.07) is 4.67. The molecule has 6 nitrogen and oxygen atoms in total. The van der Waals surface area contributed by atoms with Gasteiger partial charge in [0, 0.05) is 0 Å². The van der Waals surface area contributed by atoms with Crippen LogP contribution in [0.25, 0.3) is 0 Å². The minimum absolute atomic E-state index is 0.436. The molecule has 6 heteroatoms. The minimum Gasteiger partial charge on any atom is -0.493 e. The predicted molar refractivity (Wildman–Crippen MR) is 73.6 cm³/mol. The number of nitrogens with one attached hydrogen (secondary N) is 1. The van der Waals surface area contributed by atoms with Crippen molar-refractivity contribution >= 4 is 12.2 Å². The summed E-state index contributed by atoms with van der Waals surface area (Å²) in [6.45, 7) is 4.76. The Morgan fingerprint density at radius 2 is 2.21 bits per heavy atom.